The Labute approximate surface area is 149 Å². The number of guanidine groups is 1. The fourth-order valence-electron chi connectivity index (χ4n) is 5.05. The summed E-state index contributed by atoms with van der Waals surface area (Å²) in [6.45, 7) is 3.86. The molecule has 6 N–H and O–H groups in total. The molecule has 0 aromatic rings. The number of aliphatic hydroxyl groups excluding tert-OH is 2. The van der Waals surface area contributed by atoms with E-state index in [1.807, 2.05) is 0 Å². The van der Waals surface area contributed by atoms with Crippen molar-refractivity contribution in [1.82, 2.24) is 5.32 Å². The SMILES string of the molecule is CC1(C)OCC2(O1)C1OC3(O)OC2[C@H](O)C2(NC(N)=NCC12)[C@@H]3O.[Cl-]. The molecule has 25 heavy (non-hydrogen) atoms. The molecule has 0 aromatic carbocycles. The molecule has 5 heterocycles. The summed E-state index contributed by atoms with van der Waals surface area (Å²) in [7, 11) is 0. The maximum absolute atomic E-state index is 11.1. The van der Waals surface area contributed by atoms with Crippen LogP contribution < -0.4 is 23.5 Å². The third-order valence-electron chi connectivity index (χ3n) is 5.99. The van der Waals surface area contributed by atoms with E-state index in [0.717, 1.165) is 0 Å². The van der Waals surface area contributed by atoms with Crippen LogP contribution in [-0.4, -0.2) is 81.7 Å². The molecule has 5 aliphatic heterocycles. The Morgan fingerprint density at radius 3 is 2.56 bits per heavy atom. The predicted octanol–water partition coefficient (Wildman–Crippen LogP) is -6.04. The third-order valence-corrected chi connectivity index (χ3v) is 5.99. The van der Waals surface area contributed by atoms with Crippen LogP contribution in [0.2, 0.25) is 0 Å². The van der Waals surface area contributed by atoms with Gasteiger partial charge in [0.25, 0.3) is 0 Å². The number of rotatable bonds is 0. The number of aliphatic hydroxyl groups is 3. The Morgan fingerprint density at radius 1 is 1.24 bits per heavy atom. The second kappa shape index (κ2) is 4.76. The number of halogens is 1. The maximum atomic E-state index is 11.1. The normalized spacial score (nSPS) is 57.6. The Morgan fingerprint density at radius 2 is 1.92 bits per heavy atom. The second-order valence-corrected chi connectivity index (χ2v) is 7.69. The lowest BCUT2D eigenvalue weighted by atomic mass is 9.55. The Bertz CT molecular complexity index is 650. The molecule has 10 nitrogen and oxygen atoms in total. The van der Waals surface area contributed by atoms with E-state index >= 15 is 0 Å². The topological polar surface area (TPSA) is 148 Å². The van der Waals surface area contributed by atoms with E-state index in [4.69, 9.17) is 24.7 Å². The van der Waals surface area contributed by atoms with Crippen molar-refractivity contribution in [3.05, 3.63) is 0 Å². The largest absolute Gasteiger partial charge is 1.00 e. The van der Waals surface area contributed by atoms with Gasteiger partial charge in [0.2, 0.25) is 0 Å². The number of ether oxygens (including phenoxy) is 4. The van der Waals surface area contributed by atoms with Gasteiger partial charge in [-0.05, 0) is 13.8 Å². The molecule has 4 bridgehead atoms. The van der Waals surface area contributed by atoms with Gasteiger partial charge in [-0.15, -0.1) is 0 Å². The molecule has 4 saturated heterocycles. The van der Waals surface area contributed by atoms with E-state index in [1.54, 1.807) is 13.8 Å². The summed E-state index contributed by atoms with van der Waals surface area (Å²) in [6.07, 6.45) is -4.40. The number of nitrogens with zero attached hydrogens (tertiary/aromatic N) is 1. The number of nitrogens with one attached hydrogen (secondary N) is 1. The van der Waals surface area contributed by atoms with Crippen molar-refractivity contribution in [2.24, 2.45) is 16.6 Å². The summed E-state index contributed by atoms with van der Waals surface area (Å²) in [5.74, 6) is -3.53. The van der Waals surface area contributed by atoms with Crippen LogP contribution in [0.25, 0.3) is 0 Å². The first kappa shape index (κ1) is 17.7. The summed E-state index contributed by atoms with van der Waals surface area (Å²) < 4.78 is 23.1. The van der Waals surface area contributed by atoms with Gasteiger partial charge in [-0.3, -0.25) is 4.99 Å². The molecule has 5 fully saturated rings. The standard InChI is InChI=1S/C14H21N3O7.ClH/c1-11(2)21-4-12(24-11)7-5-3-16-10(15)17-13(5)6(18)8(12)23-14(20,22-7)9(13)19;/h5-9,18-20H,3-4H2,1-2H3,(H3,15,16,17);1H/p-1/t5?,6-,7?,8?,9-,12?,13?,14?;/m0./s1. The zero-order valence-corrected chi connectivity index (χ0v) is 14.4. The van der Waals surface area contributed by atoms with Crippen molar-refractivity contribution in [2.75, 3.05) is 13.2 Å². The van der Waals surface area contributed by atoms with Crippen molar-refractivity contribution < 1.29 is 46.7 Å². The van der Waals surface area contributed by atoms with Gasteiger partial charge in [0.15, 0.2) is 23.5 Å². The van der Waals surface area contributed by atoms with E-state index < -0.39 is 53.2 Å². The summed E-state index contributed by atoms with van der Waals surface area (Å²) in [6, 6.07) is 0. The summed E-state index contributed by atoms with van der Waals surface area (Å²) >= 11 is 0. The Hall–Kier alpha value is -0.720. The molecule has 142 valence electrons. The van der Waals surface area contributed by atoms with Gasteiger partial charge in [0.1, 0.15) is 23.9 Å². The van der Waals surface area contributed by atoms with Crippen LogP contribution in [0.5, 0.6) is 0 Å². The smallest absolute Gasteiger partial charge is 0.311 e. The highest BCUT2D eigenvalue weighted by molar-refractivity contribution is 5.80. The van der Waals surface area contributed by atoms with Gasteiger partial charge in [-0.1, -0.05) is 0 Å². The van der Waals surface area contributed by atoms with Crippen molar-refractivity contribution in [2.45, 2.75) is 61.2 Å². The first-order chi connectivity index (χ1) is 11.1. The lowest BCUT2D eigenvalue weighted by Gasteiger charge is -2.71. The first-order valence-corrected chi connectivity index (χ1v) is 8.01. The van der Waals surface area contributed by atoms with Crippen LogP contribution in [0.15, 0.2) is 4.99 Å². The van der Waals surface area contributed by atoms with Gasteiger partial charge >= 0.3 is 5.97 Å². The predicted molar refractivity (Wildman–Crippen MR) is 76.4 cm³/mol. The zero-order chi connectivity index (χ0) is 17.1. The molecular weight excluding hydrogens is 358 g/mol. The number of nitrogens with two attached hydrogens (primary N) is 1. The molecule has 1 saturated carbocycles. The van der Waals surface area contributed by atoms with Gasteiger partial charge in [-0.25, -0.2) is 0 Å². The fourth-order valence-corrected chi connectivity index (χ4v) is 5.05. The van der Waals surface area contributed by atoms with Crippen molar-refractivity contribution >= 4 is 5.96 Å². The molecule has 6 unspecified atom stereocenters. The highest BCUT2D eigenvalue weighted by atomic mass is 35.5. The fraction of sp³-hybridized carbons (Fsp3) is 0.929. The molecule has 2 spiro atoms. The molecule has 6 rings (SSSR count). The van der Waals surface area contributed by atoms with Crippen molar-refractivity contribution in [3.63, 3.8) is 0 Å². The molecule has 1 aliphatic carbocycles. The van der Waals surface area contributed by atoms with E-state index in [-0.39, 0.29) is 31.5 Å². The summed E-state index contributed by atoms with van der Waals surface area (Å²) in [5.41, 5.74) is 3.36. The average Bonchev–Trinajstić information content (AvgIpc) is 2.82. The molecule has 0 amide bonds. The van der Waals surface area contributed by atoms with Gasteiger partial charge in [0, 0.05) is 5.92 Å². The summed E-state index contributed by atoms with van der Waals surface area (Å²) in [5, 5.41) is 35.3. The molecule has 0 radical (unpaired) electrons. The lowest BCUT2D eigenvalue weighted by molar-refractivity contribution is -0.544. The van der Waals surface area contributed by atoms with Crippen LogP contribution in [0.1, 0.15) is 13.8 Å². The Kier molecular flexibility index (Phi) is 3.37. The Balaban J connectivity index is 0.00000157. The van der Waals surface area contributed by atoms with E-state index in [1.165, 1.54) is 0 Å². The van der Waals surface area contributed by atoms with Crippen LogP contribution >= 0.6 is 0 Å². The monoisotopic (exact) mass is 378 g/mol. The zero-order valence-electron chi connectivity index (χ0n) is 13.7. The molecular formula is C14H21ClN3O7-. The van der Waals surface area contributed by atoms with Crippen LogP contribution in [0, 0.1) is 5.92 Å². The maximum Gasteiger partial charge on any atom is 0.311 e. The van der Waals surface area contributed by atoms with Crippen molar-refractivity contribution in [1.29, 1.82) is 0 Å². The number of hydrogen-bond donors (Lipinski definition) is 5. The number of aliphatic imine (C=N–C) groups is 1. The molecule has 11 heteroatoms. The minimum absolute atomic E-state index is 0. The first-order valence-electron chi connectivity index (χ1n) is 8.01. The van der Waals surface area contributed by atoms with E-state index in [2.05, 4.69) is 10.3 Å². The molecule has 6 aliphatic rings. The average molecular weight is 379 g/mol. The van der Waals surface area contributed by atoms with E-state index in [9.17, 15) is 15.3 Å². The van der Waals surface area contributed by atoms with Crippen molar-refractivity contribution in [3.8, 4) is 0 Å². The highest BCUT2D eigenvalue weighted by Gasteiger charge is 2.83. The minimum Gasteiger partial charge on any atom is -1.00 e. The lowest BCUT2D eigenvalue weighted by Crippen LogP contribution is -3.00. The number of hydrogen-bond acceptors (Lipinski definition) is 10. The van der Waals surface area contributed by atoms with Gasteiger partial charge in [0.05, 0.1) is 13.2 Å². The minimum atomic E-state index is -2.25. The highest BCUT2D eigenvalue weighted by Crippen LogP contribution is 2.60. The molecule has 0 aromatic heterocycles. The summed E-state index contributed by atoms with van der Waals surface area (Å²) in [4.78, 5) is 4.18. The van der Waals surface area contributed by atoms with Crippen LogP contribution in [0.4, 0.5) is 0 Å². The van der Waals surface area contributed by atoms with Crippen LogP contribution in [0.3, 0.4) is 0 Å². The van der Waals surface area contributed by atoms with Crippen LogP contribution in [-0.2, 0) is 18.9 Å². The van der Waals surface area contributed by atoms with Gasteiger partial charge in [-0.2, -0.15) is 0 Å². The van der Waals surface area contributed by atoms with E-state index in [0.29, 0.717) is 0 Å². The third kappa shape index (κ3) is 1.81. The molecule has 8 atom stereocenters. The second-order valence-electron chi connectivity index (χ2n) is 7.69. The van der Waals surface area contributed by atoms with Gasteiger partial charge < -0.3 is 57.7 Å². The quantitative estimate of drug-likeness (QED) is 0.278.